The molecule has 2 rings (SSSR count). The molecule has 126 valence electrons. The molecule has 1 fully saturated rings. The minimum Gasteiger partial charge on any atom is -0.377 e. The Bertz CT molecular complexity index is 504. The maximum atomic E-state index is 12.4. The maximum Gasteiger partial charge on any atom is 0.242 e. The number of likely N-dealkylation sites (tertiary alicyclic amines) is 1. The highest BCUT2D eigenvalue weighted by molar-refractivity contribution is 5.87. The molecular weight excluding hydrogens is 292 g/mol. The van der Waals surface area contributed by atoms with Crippen LogP contribution in [-0.2, 0) is 20.9 Å². The molecule has 1 saturated heterocycles. The Hall–Kier alpha value is -1.88. The third kappa shape index (κ3) is 5.36. The number of amides is 2. The molecule has 1 heterocycles. The largest absolute Gasteiger partial charge is 0.377 e. The van der Waals surface area contributed by atoms with E-state index in [1.807, 2.05) is 30.3 Å². The van der Waals surface area contributed by atoms with Crippen molar-refractivity contribution in [2.24, 2.45) is 0 Å². The molecule has 0 aliphatic carbocycles. The van der Waals surface area contributed by atoms with E-state index in [-0.39, 0.29) is 17.9 Å². The van der Waals surface area contributed by atoms with Gasteiger partial charge in [0.15, 0.2) is 0 Å². The highest BCUT2D eigenvalue weighted by Gasteiger charge is 2.30. The number of carbonyl (C=O) groups excluding carboxylic acids is 2. The average Bonchev–Trinajstić information content (AvgIpc) is 2.61. The van der Waals surface area contributed by atoms with Gasteiger partial charge in [0, 0.05) is 26.6 Å². The number of piperidine rings is 1. The van der Waals surface area contributed by atoms with E-state index in [1.165, 1.54) is 0 Å². The molecule has 1 N–H and O–H groups in total. The van der Waals surface area contributed by atoms with E-state index in [2.05, 4.69) is 5.32 Å². The lowest BCUT2D eigenvalue weighted by atomic mass is 10.0. The quantitative estimate of drug-likeness (QED) is 0.783. The molecule has 1 aliphatic rings. The molecule has 1 aromatic carbocycles. The van der Waals surface area contributed by atoms with Gasteiger partial charge in [-0.3, -0.25) is 9.59 Å². The molecule has 23 heavy (non-hydrogen) atoms. The summed E-state index contributed by atoms with van der Waals surface area (Å²) in [6.45, 7) is 1.81. The number of nitrogens with zero attached hydrogens (tertiary/aromatic N) is 1. The van der Waals surface area contributed by atoms with Gasteiger partial charge >= 0.3 is 0 Å². The molecule has 0 bridgehead atoms. The number of rotatable bonds is 7. The number of ether oxygens (including phenoxy) is 1. The number of nitrogens with one attached hydrogen (secondary N) is 1. The van der Waals surface area contributed by atoms with Crippen molar-refractivity contribution in [1.29, 1.82) is 0 Å². The lowest BCUT2D eigenvalue weighted by Gasteiger charge is -2.34. The molecule has 0 radical (unpaired) electrons. The maximum absolute atomic E-state index is 12.4. The summed E-state index contributed by atoms with van der Waals surface area (Å²) < 4.78 is 5.60. The number of benzene rings is 1. The fraction of sp³-hybridized carbons (Fsp3) is 0.556. The summed E-state index contributed by atoms with van der Waals surface area (Å²) in [5.41, 5.74) is 1.13. The zero-order valence-electron chi connectivity index (χ0n) is 13.8. The summed E-state index contributed by atoms with van der Waals surface area (Å²) >= 11 is 0. The number of hydrogen-bond donors (Lipinski definition) is 1. The predicted octanol–water partition coefficient (Wildman–Crippen LogP) is 2.11. The van der Waals surface area contributed by atoms with E-state index < -0.39 is 0 Å². The molecule has 1 aromatic rings. The molecule has 0 saturated carbocycles. The second-order valence-electron chi connectivity index (χ2n) is 5.85. The van der Waals surface area contributed by atoms with Crippen molar-refractivity contribution in [3.8, 4) is 0 Å². The van der Waals surface area contributed by atoms with Crippen molar-refractivity contribution in [2.45, 2.75) is 44.8 Å². The SMILES string of the molecule is CNC(=O)C1CCCCN1C(=O)CCCOCc1ccccc1. The minimum atomic E-state index is -0.300. The monoisotopic (exact) mass is 318 g/mol. The molecule has 1 atom stereocenters. The summed E-state index contributed by atoms with van der Waals surface area (Å²) in [4.78, 5) is 26.0. The van der Waals surface area contributed by atoms with E-state index in [9.17, 15) is 9.59 Å². The highest BCUT2D eigenvalue weighted by atomic mass is 16.5. The Balaban J connectivity index is 1.70. The van der Waals surface area contributed by atoms with Crippen molar-refractivity contribution >= 4 is 11.8 Å². The zero-order valence-corrected chi connectivity index (χ0v) is 13.8. The Kier molecular flexibility index (Phi) is 7.07. The minimum absolute atomic E-state index is 0.0570. The van der Waals surface area contributed by atoms with Gasteiger partial charge in [-0.05, 0) is 31.2 Å². The zero-order chi connectivity index (χ0) is 16.5. The van der Waals surface area contributed by atoms with Crippen LogP contribution in [0.4, 0.5) is 0 Å². The van der Waals surface area contributed by atoms with Crippen LogP contribution in [0.15, 0.2) is 30.3 Å². The second kappa shape index (κ2) is 9.30. The Morgan fingerprint density at radius 1 is 1.26 bits per heavy atom. The Morgan fingerprint density at radius 3 is 2.78 bits per heavy atom. The van der Waals surface area contributed by atoms with Gasteiger partial charge < -0.3 is 15.0 Å². The van der Waals surface area contributed by atoms with E-state index in [1.54, 1.807) is 11.9 Å². The van der Waals surface area contributed by atoms with E-state index in [0.717, 1.165) is 24.8 Å². The third-order valence-electron chi connectivity index (χ3n) is 4.16. The van der Waals surface area contributed by atoms with Gasteiger partial charge in [0.1, 0.15) is 6.04 Å². The number of carbonyl (C=O) groups is 2. The van der Waals surface area contributed by atoms with Crippen molar-refractivity contribution in [3.63, 3.8) is 0 Å². The predicted molar refractivity (Wildman–Crippen MR) is 88.8 cm³/mol. The molecule has 5 nitrogen and oxygen atoms in total. The molecule has 5 heteroatoms. The molecule has 0 spiro atoms. The van der Waals surface area contributed by atoms with E-state index >= 15 is 0 Å². The van der Waals surface area contributed by atoms with Crippen molar-refractivity contribution in [2.75, 3.05) is 20.2 Å². The Morgan fingerprint density at radius 2 is 2.04 bits per heavy atom. The number of hydrogen-bond acceptors (Lipinski definition) is 3. The van der Waals surface area contributed by atoms with Crippen LogP contribution in [0.5, 0.6) is 0 Å². The first-order valence-corrected chi connectivity index (χ1v) is 8.35. The van der Waals surface area contributed by atoms with Gasteiger partial charge in [-0.1, -0.05) is 30.3 Å². The summed E-state index contributed by atoms with van der Waals surface area (Å²) in [6.07, 6.45) is 3.85. The van der Waals surface area contributed by atoms with Crippen molar-refractivity contribution in [1.82, 2.24) is 10.2 Å². The van der Waals surface area contributed by atoms with Crippen LogP contribution in [0.2, 0.25) is 0 Å². The lowest BCUT2D eigenvalue weighted by molar-refractivity contribution is -0.142. The average molecular weight is 318 g/mol. The molecular formula is C18H26N2O3. The van der Waals surface area contributed by atoms with Crippen LogP contribution in [0.1, 0.15) is 37.7 Å². The van der Waals surface area contributed by atoms with Crippen LogP contribution in [0, 0.1) is 0 Å². The summed E-state index contributed by atoms with van der Waals surface area (Å²) in [5, 5.41) is 2.66. The van der Waals surface area contributed by atoms with Crippen LogP contribution in [-0.4, -0.2) is 43.0 Å². The first-order chi connectivity index (χ1) is 11.2. The Labute approximate surface area is 138 Å². The second-order valence-corrected chi connectivity index (χ2v) is 5.85. The first kappa shape index (κ1) is 17.5. The van der Waals surface area contributed by atoms with Gasteiger partial charge in [-0.2, -0.15) is 0 Å². The standard InChI is InChI=1S/C18H26N2O3/c1-19-18(22)16-10-5-6-12-20(16)17(21)11-7-13-23-14-15-8-3-2-4-9-15/h2-4,8-9,16H,5-7,10-14H2,1H3,(H,19,22). The molecule has 1 aliphatic heterocycles. The van der Waals surface area contributed by atoms with Crippen molar-refractivity contribution < 1.29 is 14.3 Å². The molecule has 0 aromatic heterocycles. The van der Waals surface area contributed by atoms with E-state index in [0.29, 0.717) is 32.6 Å². The van der Waals surface area contributed by atoms with Gasteiger partial charge in [0.25, 0.3) is 0 Å². The first-order valence-electron chi connectivity index (χ1n) is 8.35. The molecule has 2 amide bonds. The topological polar surface area (TPSA) is 58.6 Å². The lowest BCUT2D eigenvalue weighted by Crippen LogP contribution is -2.51. The van der Waals surface area contributed by atoms with Crippen LogP contribution in [0.25, 0.3) is 0 Å². The van der Waals surface area contributed by atoms with Gasteiger partial charge in [0.2, 0.25) is 11.8 Å². The normalized spacial score (nSPS) is 17.8. The van der Waals surface area contributed by atoms with E-state index in [4.69, 9.17) is 4.74 Å². The highest BCUT2D eigenvalue weighted by Crippen LogP contribution is 2.18. The summed E-state index contributed by atoms with van der Waals surface area (Å²) in [5.74, 6) is -0.0000105. The van der Waals surface area contributed by atoms with Gasteiger partial charge in [-0.15, -0.1) is 0 Å². The van der Waals surface area contributed by atoms with Gasteiger partial charge in [0.05, 0.1) is 6.61 Å². The summed E-state index contributed by atoms with van der Waals surface area (Å²) in [7, 11) is 1.62. The van der Waals surface area contributed by atoms with Crippen LogP contribution < -0.4 is 5.32 Å². The third-order valence-corrected chi connectivity index (χ3v) is 4.16. The van der Waals surface area contributed by atoms with Crippen LogP contribution in [0.3, 0.4) is 0 Å². The van der Waals surface area contributed by atoms with Gasteiger partial charge in [-0.25, -0.2) is 0 Å². The fourth-order valence-electron chi connectivity index (χ4n) is 2.90. The fourth-order valence-corrected chi connectivity index (χ4v) is 2.90. The van der Waals surface area contributed by atoms with Crippen LogP contribution >= 0.6 is 0 Å². The van der Waals surface area contributed by atoms with Crippen molar-refractivity contribution in [3.05, 3.63) is 35.9 Å². The molecule has 1 unspecified atom stereocenters. The summed E-state index contributed by atoms with van der Waals surface area (Å²) in [6, 6.07) is 9.68. The smallest absolute Gasteiger partial charge is 0.242 e. The number of likely N-dealkylation sites (N-methyl/N-ethyl adjacent to an activating group) is 1.